The lowest BCUT2D eigenvalue weighted by atomic mass is 10.1. The third kappa shape index (κ3) is 5.50. The van der Waals surface area contributed by atoms with Gasteiger partial charge in [-0.1, -0.05) is 50.9 Å². The molecule has 4 N–H and O–H groups in total. The largest absolute Gasteiger partial charge is 0.450 e. The van der Waals surface area contributed by atoms with E-state index in [1.165, 1.54) is 24.3 Å². The van der Waals surface area contributed by atoms with Gasteiger partial charge in [0, 0.05) is 13.1 Å². The van der Waals surface area contributed by atoms with E-state index in [0.29, 0.717) is 6.54 Å². The Kier molecular flexibility index (Phi) is 7.83. The molecule has 0 amide bonds. The zero-order valence-electron chi connectivity index (χ0n) is 22.7. The van der Waals surface area contributed by atoms with Gasteiger partial charge in [0.15, 0.2) is 32.6 Å². The van der Waals surface area contributed by atoms with Gasteiger partial charge in [-0.15, -0.1) is 0 Å². The second-order valence-corrected chi connectivity index (χ2v) is 14.0. The van der Waals surface area contributed by atoms with E-state index >= 15 is 0 Å². The maximum atomic E-state index is 12.5. The molecule has 3 aliphatic rings. The van der Waals surface area contributed by atoms with Crippen LogP contribution in [-0.2, 0) is 20.2 Å². The fourth-order valence-electron chi connectivity index (χ4n) is 4.35. The van der Waals surface area contributed by atoms with E-state index in [1.807, 2.05) is 27.7 Å². The van der Waals surface area contributed by atoms with Crippen LogP contribution >= 0.6 is 23.2 Å². The number of hydrogen-bond donors (Lipinski definition) is 4. The maximum Gasteiger partial charge on any atom is 0.300 e. The van der Waals surface area contributed by atoms with Gasteiger partial charge in [-0.05, 0) is 36.1 Å². The Bertz CT molecular complexity index is 2010. The van der Waals surface area contributed by atoms with Crippen molar-refractivity contribution >= 4 is 71.6 Å². The Morgan fingerprint density at radius 2 is 1.64 bits per heavy atom. The van der Waals surface area contributed by atoms with Crippen LogP contribution in [0.5, 0.6) is 11.5 Å². The Labute approximate surface area is 251 Å². The molecule has 5 rings (SSSR count). The number of aromatic nitrogens is 1. The summed E-state index contributed by atoms with van der Waals surface area (Å²) in [7, 11) is -9.60. The molecule has 0 spiro atoms. The van der Waals surface area contributed by atoms with Crippen molar-refractivity contribution in [3.63, 3.8) is 0 Å². The van der Waals surface area contributed by atoms with Crippen LogP contribution in [0.15, 0.2) is 43.5 Å². The van der Waals surface area contributed by atoms with Crippen LogP contribution in [0, 0.1) is 11.8 Å². The first kappa shape index (κ1) is 30.3. The van der Waals surface area contributed by atoms with Crippen LogP contribution < -0.4 is 20.7 Å². The number of fused-ring (bicyclic) bond motifs is 4. The summed E-state index contributed by atoms with van der Waals surface area (Å²) in [5.74, 6) is -0.342. The summed E-state index contributed by atoms with van der Waals surface area (Å²) in [5.41, 5.74) is 0.181. The van der Waals surface area contributed by atoms with Crippen LogP contribution in [0.1, 0.15) is 27.7 Å². The van der Waals surface area contributed by atoms with Crippen LogP contribution in [0.2, 0.25) is 10.0 Å². The summed E-state index contributed by atoms with van der Waals surface area (Å²) in [6, 6.07) is 5.82. The normalized spacial score (nSPS) is 13.8. The molecule has 0 radical (unpaired) electrons. The number of rotatable bonds is 7. The molecule has 0 atom stereocenters. The number of ether oxygens (including phenoxy) is 1. The standard InChI is InChI=1S/C26H26Cl2N4O8S2/c1-11(2)9-29-15-7-5-13-21(25(15)41(33,34)35)39-23-17(27)20-24(18(28)19(23)31-13)40-22-14(32-20)6-8-16(30-10-12(3)4)26(22)42(36,37)38/h5-8,11-12,29,31H,9-10H2,1-4H3,(H,33,34,35)(H,36,37,38). The number of nitrogens with one attached hydrogen (secondary N) is 2. The molecule has 42 heavy (non-hydrogen) atoms. The molecular formula is C26H26Cl2N4O8S2. The molecule has 2 aliphatic heterocycles. The Hall–Kier alpha value is -3.14. The van der Waals surface area contributed by atoms with E-state index < -0.39 is 30.0 Å². The second-order valence-electron chi connectivity index (χ2n) is 10.5. The highest BCUT2D eigenvalue weighted by atomic mass is 35.5. The highest BCUT2D eigenvalue weighted by Crippen LogP contribution is 2.55. The molecule has 0 fully saturated rings. The van der Waals surface area contributed by atoms with Crippen molar-refractivity contribution in [2.45, 2.75) is 37.5 Å². The third-order valence-electron chi connectivity index (χ3n) is 6.19. The van der Waals surface area contributed by atoms with Crippen molar-refractivity contribution in [3.8, 4) is 23.0 Å². The second kappa shape index (κ2) is 10.8. The molecule has 224 valence electrons. The molecule has 2 heterocycles. The predicted octanol–water partition coefficient (Wildman–Crippen LogP) is 6.21. The number of hydrogen-bond acceptors (Lipinski definition) is 10. The number of benzene rings is 3. The first-order valence-corrected chi connectivity index (χ1v) is 16.3. The molecule has 0 bridgehead atoms. The molecular weight excluding hydrogens is 631 g/mol. The average Bonchev–Trinajstić information content (AvgIpc) is 2.89. The Morgan fingerprint density at radius 1 is 0.952 bits per heavy atom. The highest BCUT2D eigenvalue weighted by molar-refractivity contribution is 7.86. The van der Waals surface area contributed by atoms with Gasteiger partial charge < -0.3 is 19.8 Å². The minimum atomic E-state index is -4.82. The molecule has 2 aromatic carbocycles. The van der Waals surface area contributed by atoms with Gasteiger partial charge in [0.25, 0.3) is 10.1 Å². The number of nitrogens with zero attached hydrogens (tertiary/aromatic N) is 2. The van der Waals surface area contributed by atoms with E-state index in [2.05, 4.69) is 20.6 Å². The first-order chi connectivity index (χ1) is 19.6. The van der Waals surface area contributed by atoms with Gasteiger partial charge in [0.1, 0.15) is 26.9 Å². The zero-order chi connectivity index (χ0) is 30.7. The molecule has 12 nitrogen and oxygen atoms in total. The van der Waals surface area contributed by atoms with E-state index in [9.17, 15) is 25.9 Å². The summed E-state index contributed by atoms with van der Waals surface area (Å²) in [5, 5.41) is 5.68. The van der Waals surface area contributed by atoms with Crippen molar-refractivity contribution in [2.75, 3.05) is 23.7 Å². The van der Waals surface area contributed by atoms with Gasteiger partial charge in [0.2, 0.25) is 0 Å². The van der Waals surface area contributed by atoms with Crippen molar-refractivity contribution in [1.82, 2.24) is 4.98 Å². The number of anilines is 3. The fraction of sp³-hybridized carbons (Fsp3) is 0.308. The topological polar surface area (TPSA) is 180 Å². The smallest absolute Gasteiger partial charge is 0.300 e. The van der Waals surface area contributed by atoms with Gasteiger partial charge in [-0.25, -0.2) is 4.98 Å². The van der Waals surface area contributed by atoms with E-state index in [4.69, 9.17) is 32.4 Å². The van der Waals surface area contributed by atoms with Crippen LogP contribution in [0.4, 0.5) is 17.1 Å². The highest BCUT2D eigenvalue weighted by Gasteiger charge is 2.34. The van der Waals surface area contributed by atoms with Crippen LogP contribution in [-0.4, -0.2) is 44.0 Å². The fourth-order valence-corrected chi connectivity index (χ4v) is 6.45. The van der Waals surface area contributed by atoms with E-state index in [1.54, 1.807) is 0 Å². The van der Waals surface area contributed by atoms with Crippen molar-refractivity contribution in [3.05, 3.63) is 39.7 Å². The summed E-state index contributed by atoms with van der Waals surface area (Å²) in [4.78, 5) is 7.66. The van der Waals surface area contributed by atoms with E-state index in [-0.39, 0.29) is 84.9 Å². The zero-order valence-corrected chi connectivity index (χ0v) is 25.8. The Balaban J connectivity index is 1.76. The molecule has 0 saturated carbocycles. The summed E-state index contributed by atoms with van der Waals surface area (Å²) < 4.78 is 81.9. The minimum absolute atomic E-state index is 0.0134. The van der Waals surface area contributed by atoms with Crippen molar-refractivity contribution in [1.29, 1.82) is 0 Å². The van der Waals surface area contributed by atoms with Gasteiger partial charge in [0.05, 0.1) is 16.7 Å². The molecule has 2 aromatic rings. The summed E-state index contributed by atoms with van der Waals surface area (Å²) in [6.07, 6.45) is 0. The lowest BCUT2D eigenvalue weighted by molar-refractivity contribution is 0.449. The molecule has 0 saturated heterocycles. The third-order valence-corrected chi connectivity index (χ3v) is 8.74. The lowest BCUT2D eigenvalue weighted by Gasteiger charge is -2.27. The molecule has 16 heteroatoms. The quantitative estimate of drug-likeness (QED) is 0.115. The first-order valence-electron chi connectivity index (χ1n) is 12.7. The van der Waals surface area contributed by atoms with Crippen LogP contribution in [0.25, 0.3) is 22.6 Å². The monoisotopic (exact) mass is 656 g/mol. The summed E-state index contributed by atoms with van der Waals surface area (Å²) in [6.45, 7) is 8.37. The van der Waals surface area contributed by atoms with Gasteiger partial charge in [-0.2, -0.15) is 16.8 Å². The van der Waals surface area contributed by atoms with Crippen molar-refractivity contribution < 1.29 is 35.1 Å². The van der Waals surface area contributed by atoms with Gasteiger partial charge >= 0.3 is 10.1 Å². The van der Waals surface area contributed by atoms with Crippen molar-refractivity contribution in [2.24, 2.45) is 16.8 Å². The van der Waals surface area contributed by atoms with E-state index in [0.717, 1.165) is 0 Å². The molecule has 0 unspecified atom stereocenters. The lowest BCUT2D eigenvalue weighted by Crippen LogP contribution is -2.19. The SMILES string of the molecule is CC(C)CN=c1ccc2nc3c(Cl)c4c(c(Cl)c3oc-2c1S(=O)(=O)O)Nc1ccc(NCC(C)C)c(S(=O)(=O)O)c1O4. The molecule has 1 aliphatic carbocycles. The average molecular weight is 658 g/mol. The predicted molar refractivity (Wildman–Crippen MR) is 159 cm³/mol. The van der Waals surface area contributed by atoms with Gasteiger partial charge in [-0.3, -0.25) is 14.1 Å². The summed E-state index contributed by atoms with van der Waals surface area (Å²) >= 11 is 13.4. The maximum absolute atomic E-state index is 12.5. The minimum Gasteiger partial charge on any atom is -0.450 e. The van der Waals surface area contributed by atoms with Crippen LogP contribution in [0.3, 0.4) is 0 Å². The molecule has 0 aromatic heterocycles. The Morgan fingerprint density at radius 3 is 2.26 bits per heavy atom. The number of halogens is 2.